The van der Waals surface area contributed by atoms with Gasteiger partial charge in [-0.15, -0.1) is 23.1 Å². The molecule has 0 unspecified atom stereocenters. The molecule has 1 aromatic heterocycles. The molecule has 0 spiro atoms. The molecule has 3 heterocycles. The monoisotopic (exact) mass is 516 g/mol. The number of thioether (sulfide) groups is 1. The molecule has 2 amide bonds. The number of nitrogens with zero attached hydrogens (tertiary/aromatic N) is 3. The van der Waals surface area contributed by atoms with Crippen LogP contribution in [0.25, 0.3) is 0 Å². The molecule has 2 atom stereocenters. The molecule has 186 valence electrons. The second-order valence-corrected chi connectivity index (χ2v) is 9.10. The Bertz CT molecular complexity index is 1010. The van der Waals surface area contributed by atoms with Crippen LogP contribution in [0.2, 0.25) is 0 Å². The fourth-order valence-electron chi connectivity index (χ4n) is 2.77. The first kappa shape index (κ1) is 27.2. The fourth-order valence-corrected chi connectivity index (χ4v) is 4.66. The van der Waals surface area contributed by atoms with Crippen LogP contribution in [0, 0.1) is 0 Å². The first-order valence-electron chi connectivity index (χ1n) is 9.46. The molecule has 2 aliphatic heterocycles. The van der Waals surface area contributed by atoms with Gasteiger partial charge in [-0.25, -0.2) is 9.78 Å². The van der Waals surface area contributed by atoms with E-state index in [4.69, 9.17) is 32.0 Å². The summed E-state index contributed by atoms with van der Waals surface area (Å²) in [5, 5.41) is 49.9. The van der Waals surface area contributed by atoms with Crippen LogP contribution in [0.15, 0.2) is 34.5 Å². The summed E-state index contributed by atoms with van der Waals surface area (Å²) in [6.07, 6.45) is 1.40. The van der Waals surface area contributed by atoms with Gasteiger partial charge in [0.05, 0.1) is 25.4 Å². The van der Waals surface area contributed by atoms with Crippen molar-refractivity contribution in [2.75, 3.05) is 31.3 Å². The topological polar surface area (TPSA) is 245 Å². The minimum atomic E-state index is -1.24. The van der Waals surface area contributed by atoms with Gasteiger partial charge in [-0.1, -0.05) is 17.8 Å². The van der Waals surface area contributed by atoms with Gasteiger partial charge in [-0.05, 0) is 5.57 Å². The Hall–Kier alpha value is -3.02. The molecule has 0 aliphatic carbocycles. The Kier molecular flexibility index (Phi) is 9.14. The molecule has 3 rings (SSSR count). The number of hydrogen-bond donors (Lipinski definition) is 8. The Morgan fingerprint density at radius 1 is 1.35 bits per heavy atom. The molecule has 0 bridgehead atoms. The highest BCUT2D eigenvalue weighted by Crippen LogP contribution is 2.40. The zero-order valence-corrected chi connectivity index (χ0v) is 19.3. The first-order chi connectivity index (χ1) is 16.1. The van der Waals surface area contributed by atoms with E-state index < -0.39 is 54.6 Å². The normalized spacial score (nSPS) is 20.1. The highest BCUT2D eigenvalue weighted by molar-refractivity contribution is 8.00. The maximum atomic E-state index is 12.4. The van der Waals surface area contributed by atoms with Crippen LogP contribution >= 0.6 is 23.1 Å². The summed E-state index contributed by atoms with van der Waals surface area (Å²) in [5.41, 5.74) is 9.43. The summed E-state index contributed by atoms with van der Waals surface area (Å²) in [4.78, 5) is 41.2. The number of carboxylic acids is 1. The zero-order valence-electron chi connectivity index (χ0n) is 17.6. The number of aliphatic hydroxyl groups excluding tert-OH is 3. The molecular formula is C18H24N6O8S2. The number of aromatic nitrogens is 1. The van der Waals surface area contributed by atoms with Crippen LogP contribution in [0.4, 0.5) is 5.13 Å². The number of aliphatic carboxylic acids is 1. The van der Waals surface area contributed by atoms with E-state index >= 15 is 0 Å². The van der Waals surface area contributed by atoms with Crippen molar-refractivity contribution < 1.29 is 40.0 Å². The molecule has 14 nitrogen and oxygen atoms in total. The molecule has 1 fully saturated rings. The van der Waals surface area contributed by atoms with Crippen molar-refractivity contribution in [3.8, 4) is 0 Å². The summed E-state index contributed by atoms with van der Waals surface area (Å²) in [5.74, 6) is -2.27. The van der Waals surface area contributed by atoms with E-state index in [1.807, 2.05) is 0 Å². The number of nitrogens with one attached hydrogen (secondary N) is 1. The lowest BCUT2D eigenvalue weighted by atomic mass is 10.0. The van der Waals surface area contributed by atoms with Crippen molar-refractivity contribution in [1.82, 2.24) is 15.2 Å². The van der Waals surface area contributed by atoms with E-state index in [1.165, 1.54) is 23.2 Å². The van der Waals surface area contributed by atoms with Crippen LogP contribution < -0.4 is 16.8 Å². The lowest BCUT2D eigenvalue weighted by molar-refractivity contribution is -0.150. The number of carbonyl (C=O) groups is 3. The molecule has 0 aromatic carbocycles. The molecule has 34 heavy (non-hydrogen) atoms. The van der Waals surface area contributed by atoms with E-state index in [0.717, 1.165) is 16.2 Å². The van der Waals surface area contributed by atoms with Crippen LogP contribution in [0.5, 0.6) is 0 Å². The van der Waals surface area contributed by atoms with Crippen molar-refractivity contribution in [3.05, 3.63) is 35.0 Å². The maximum Gasteiger partial charge on any atom is 0.352 e. The Morgan fingerprint density at radius 2 is 1.97 bits per heavy atom. The first-order valence-corrected chi connectivity index (χ1v) is 11.4. The quantitative estimate of drug-likeness (QED) is 0.0772. The Labute approximate surface area is 201 Å². The van der Waals surface area contributed by atoms with Crippen LogP contribution in [0.1, 0.15) is 5.69 Å². The summed E-state index contributed by atoms with van der Waals surface area (Å²) < 4.78 is 0. The average Bonchev–Trinajstić information content (AvgIpc) is 3.27. The molecule has 16 heteroatoms. The number of amides is 2. The van der Waals surface area contributed by atoms with E-state index in [9.17, 15) is 19.5 Å². The molecule has 1 saturated heterocycles. The summed E-state index contributed by atoms with van der Waals surface area (Å²) in [6.45, 7) is 2.35. The van der Waals surface area contributed by atoms with Crippen LogP contribution in [0.3, 0.4) is 0 Å². The van der Waals surface area contributed by atoms with Crippen molar-refractivity contribution in [2.45, 2.75) is 17.0 Å². The number of β-lactam (4-membered cyclic amide) rings is 1. The second kappa shape index (κ2) is 11.4. The summed E-state index contributed by atoms with van der Waals surface area (Å²) in [6, 6.07) is -0.944. The van der Waals surface area contributed by atoms with Crippen molar-refractivity contribution in [1.29, 1.82) is 0 Å². The number of carbonyl (C=O) groups excluding carboxylic acids is 2. The van der Waals surface area contributed by atoms with Gasteiger partial charge in [0, 0.05) is 11.1 Å². The number of allylic oxidation sites excluding steroid dienone is 1. The van der Waals surface area contributed by atoms with Crippen molar-refractivity contribution in [2.24, 2.45) is 10.9 Å². The number of hydrogen-bond acceptors (Lipinski definition) is 13. The van der Waals surface area contributed by atoms with Gasteiger partial charge in [-0.3, -0.25) is 14.5 Å². The molecular weight excluding hydrogens is 492 g/mol. The number of aliphatic hydroxyl groups is 3. The minimum Gasteiger partial charge on any atom is -0.477 e. The minimum absolute atomic E-state index is 0.0764. The fraction of sp³-hybridized carbons (Fsp3) is 0.389. The van der Waals surface area contributed by atoms with Gasteiger partial charge in [0.25, 0.3) is 11.8 Å². The molecule has 2 aliphatic rings. The maximum absolute atomic E-state index is 12.4. The van der Waals surface area contributed by atoms with Crippen molar-refractivity contribution >= 4 is 51.7 Å². The van der Waals surface area contributed by atoms with E-state index in [2.05, 4.69) is 22.0 Å². The van der Waals surface area contributed by atoms with Gasteiger partial charge in [0.1, 0.15) is 22.8 Å². The lowest BCUT2D eigenvalue weighted by Gasteiger charge is -2.49. The third kappa shape index (κ3) is 5.54. The number of anilines is 1. The van der Waals surface area contributed by atoms with Gasteiger partial charge >= 0.3 is 5.97 Å². The predicted molar refractivity (Wildman–Crippen MR) is 123 cm³/mol. The standard InChI is InChI=1S/C14H13N5O5S2.C4H11NO3/c1-2-5-3-25-12-8(11(21)19(12)9(5)13(22)23)17-10(20)7(18-24)6-4-26-14(15)16-6;5-4(1-6,2-7)3-8/h2,4,8,12,24H,1,3H2,(H2,15,16)(H,17,20)(H,22,23);6-8H,1-3,5H2/b18-7-;/t8-,12-;/m1./s1. The number of thiazole rings is 1. The predicted octanol–water partition coefficient (Wildman–Crippen LogP) is -2.51. The van der Waals surface area contributed by atoms with Gasteiger partial charge in [-0.2, -0.15) is 0 Å². The number of oxime groups is 1. The molecule has 0 saturated carbocycles. The third-order valence-corrected chi connectivity index (χ3v) is 6.73. The van der Waals surface area contributed by atoms with Gasteiger partial charge in [0.2, 0.25) is 0 Å². The highest BCUT2D eigenvalue weighted by atomic mass is 32.2. The van der Waals surface area contributed by atoms with Crippen LogP contribution in [-0.4, -0.2) is 102 Å². The van der Waals surface area contributed by atoms with E-state index in [1.54, 1.807) is 0 Å². The molecule has 10 N–H and O–H groups in total. The number of rotatable bonds is 8. The van der Waals surface area contributed by atoms with Gasteiger partial charge < -0.3 is 42.4 Å². The largest absolute Gasteiger partial charge is 0.477 e. The lowest BCUT2D eigenvalue weighted by Crippen LogP contribution is -2.71. The van der Waals surface area contributed by atoms with Crippen molar-refractivity contribution in [3.63, 3.8) is 0 Å². The number of carboxylic acid groups (broad SMARTS) is 1. The number of nitrogen functional groups attached to an aromatic ring is 1. The number of nitrogens with two attached hydrogens (primary N) is 2. The zero-order chi connectivity index (χ0) is 25.6. The molecule has 1 aromatic rings. The number of fused-ring (bicyclic) bond motifs is 1. The summed E-state index contributed by atoms with van der Waals surface area (Å²) in [7, 11) is 0. The Balaban J connectivity index is 0.000000440. The van der Waals surface area contributed by atoms with Gasteiger partial charge in [0.15, 0.2) is 10.8 Å². The smallest absolute Gasteiger partial charge is 0.352 e. The van der Waals surface area contributed by atoms with E-state index in [0.29, 0.717) is 11.3 Å². The van der Waals surface area contributed by atoms with E-state index in [-0.39, 0.29) is 22.2 Å². The highest BCUT2D eigenvalue weighted by Gasteiger charge is 2.54. The average molecular weight is 517 g/mol. The second-order valence-electron chi connectivity index (χ2n) is 7.10. The molecule has 0 radical (unpaired) electrons. The third-order valence-electron chi connectivity index (χ3n) is 4.76. The van der Waals surface area contributed by atoms with Crippen LogP contribution in [-0.2, 0) is 14.4 Å². The SMILES string of the molecule is C=CC1=C(C(=O)O)N2C(=O)[C@@H](NC(=O)/C(=N\O)c3csc(N)n3)[C@H]2SC1.NC(CO)(CO)CO. The Morgan fingerprint density at radius 3 is 2.38 bits per heavy atom. The summed E-state index contributed by atoms with van der Waals surface area (Å²) >= 11 is 2.37.